The number of hydrogen-bond donors (Lipinski definition) is 2. The van der Waals surface area contributed by atoms with Crippen LogP contribution in [0, 0.1) is 16.7 Å². The molecule has 2 rings (SSSR count). The molecule has 0 saturated heterocycles. The van der Waals surface area contributed by atoms with E-state index in [1.165, 1.54) is 6.20 Å². The third kappa shape index (κ3) is 2.08. The third-order valence-corrected chi connectivity index (χ3v) is 3.44. The Balaban J connectivity index is 2.49. The summed E-state index contributed by atoms with van der Waals surface area (Å²) in [6.45, 7) is 1.95. The van der Waals surface area contributed by atoms with Gasteiger partial charge in [-0.15, -0.1) is 0 Å². The van der Waals surface area contributed by atoms with Gasteiger partial charge < -0.3 is 10.2 Å². The molecular weight excluding hydrogens is 242 g/mol. The number of nitrogens with one attached hydrogen (secondary N) is 2. The van der Waals surface area contributed by atoms with Crippen LogP contribution in [0.4, 0.5) is 0 Å². The number of fused-ring (bicyclic) bond motifs is 1. The second-order valence-electron chi connectivity index (χ2n) is 4.95. The minimum atomic E-state index is -0.285. The van der Waals surface area contributed by atoms with Gasteiger partial charge in [0.25, 0.3) is 5.91 Å². The zero-order valence-corrected chi connectivity index (χ0v) is 11.3. The van der Waals surface area contributed by atoms with Crippen molar-refractivity contribution in [2.45, 2.75) is 25.8 Å². The van der Waals surface area contributed by atoms with E-state index in [1.807, 2.05) is 13.0 Å². The molecule has 0 aromatic carbocycles. The maximum Gasteiger partial charge on any atom is 0.271 e. The van der Waals surface area contributed by atoms with Gasteiger partial charge in [0, 0.05) is 31.9 Å². The highest BCUT2D eigenvalue weighted by molar-refractivity contribution is 6.02. The fraction of sp³-hybridized carbons (Fsp3) is 0.462. The Labute approximate surface area is 112 Å². The first kappa shape index (κ1) is 13.1. The zero-order chi connectivity index (χ0) is 14.2. The first-order chi connectivity index (χ1) is 8.97. The van der Waals surface area contributed by atoms with Crippen molar-refractivity contribution in [1.82, 2.24) is 15.1 Å². The lowest BCUT2D eigenvalue weighted by Gasteiger charge is -2.39. The topological polar surface area (TPSA) is 83.2 Å². The second-order valence-corrected chi connectivity index (χ2v) is 4.95. The van der Waals surface area contributed by atoms with E-state index in [9.17, 15) is 4.79 Å². The summed E-state index contributed by atoms with van der Waals surface area (Å²) in [4.78, 5) is 15.5. The molecule has 2 N–H and O–H groups in total. The summed E-state index contributed by atoms with van der Waals surface area (Å²) in [5.41, 5.74) is 0.915. The highest BCUT2D eigenvalue weighted by Gasteiger charge is 2.36. The molecule has 0 saturated carbocycles. The number of amides is 1. The monoisotopic (exact) mass is 259 g/mol. The van der Waals surface area contributed by atoms with Crippen LogP contribution < -0.4 is 5.32 Å². The minimum Gasteiger partial charge on any atom is -0.363 e. The maximum absolute atomic E-state index is 12.2. The standard InChI is InChI=1S/C13H17N5O/c1-8-4-5-10(11(15)17(2)3)12-16-7-9(6-14)13(19)18(8)12/h7-8,15-16H,4-5H2,1-3H3. The number of rotatable bonds is 1. The molecule has 100 valence electrons. The van der Waals surface area contributed by atoms with Crippen LogP contribution in [-0.2, 0) is 4.79 Å². The van der Waals surface area contributed by atoms with Crippen molar-refractivity contribution in [1.29, 1.82) is 10.7 Å². The molecule has 6 heteroatoms. The van der Waals surface area contributed by atoms with Crippen molar-refractivity contribution in [2.24, 2.45) is 0 Å². The fourth-order valence-corrected chi connectivity index (χ4v) is 2.34. The first-order valence-corrected chi connectivity index (χ1v) is 6.17. The van der Waals surface area contributed by atoms with E-state index >= 15 is 0 Å². The molecule has 1 amide bonds. The largest absolute Gasteiger partial charge is 0.363 e. The van der Waals surface area contributed by atoms with Crippen molar-refractivity contribution in [2.75, 3.05) is 14.1 Å². The van der Waals surface area contributed by atoms with Crippen LogP contribution >= 0.6 is 0 Å². The summed E-state index contributed by atoms with van der Waals surface area (Å²) in [6.07, 6.45) is 2.97. The number of carbonyl (C=O) groups excluding carboxylic acids is 1. The molecule has 2 heterocycles. The van der Waals surface area contributed by atoms with E-state index < -0.39 is 0 Å². The minimum absolute atomic E-state index is 0.0331. The first-order valence-electron chi connectivity index (χ1n) is 6.17. The summed E-state index contributed by atoms with van der Waals surface area (Å²) < 4.78 is 0. The van der Waals surface area contributed by atoms with E-state index in [2.05, 4.69) is 5.32 Å². The van der Waals surface area contributed by atoms with Crippen LogP contribution in [0.5, 0.6) is 0 Å². The van der Waals surface area contributed by atoms with Gasteiger partial charge in [-0.2, -0.15) is 5.26 Å². The lowest BCUT2D eigenvalue weighted by molar-refractivity contribution is -0.127. The van der Waals surface area contributed by atoms with Gasteiger partial charge >= 0.3 is 0 Å². The van der Waals surface area contributed by atoms with Gasteiger partial charge in [-0.25, -0.2) is 0 Å². The number of nitrogens with zero attached hydrogens (tertiary/aromatic N) is 3. The van der Waals surface area contributed by atoms with Crippen molar-refractivity contribution in [3.05, 3.63) is 23.2 Å². The SMILES string of the molecule is CC1CCC(C(=N)N(C)C)=C2NC=C(C#N)C(=O)N21. The Hall–Kier alpha value is -2.29. The average Bonchev–Trinajstić information content (AvgIpc) is 2.38. The van der Waals surface area contributed by atoms with E-state index in [4.69, 9.17) is 10.7 Å². The Kier molecular flexibility index (Phi) is 3.30. The predicted molar refractivity (Wildman–Crippen MR) is 70.8 cm³/mol. The van der Waals surface area contributed by atoms with Gasteiger partial charge in [0.2, 0.25) is 0 Å². The van der Waals surface area contributed by atoms with Gasteiger partial charge in [-0.05, 0) is 19.8 Å². The summed E-state index contributed by atoms with van der Waals surface area (Å²) in [5, 5.41) is 20.0. The Morgan fingerprint density at radius 1 is 1.63 bits per heavy atom. The molecule has 0 spiro atoms. The molecule has 1 unspecified atom stereocenters. The van der Waals surface area contributed by atoms with Crippen LogP contribution in [0.2, 0.25) is 0 Å². The lowest BCUT2D eigenvalue weighted by Crippen LogP contribution is -2.49. The van der Waals surface area contributed by atoms with Crippen LogP contribution in [0.25, 0.3) is 0 Å². The normalized spacial score (nSPS) is 22.2. The summed E-state index contributed by atoms with van der Waals surface area (Å²) in [7, 11) is 3.61. The van der Waals surface area contributed by atoms with Gasteiger partial charge in [0.05, 0.1) is 0 Å². The molecule has 2 aliphatic rings. The molecule has 0 aromatic heterocycles. The van der Waals surface area contributed by atoms with Crippen LogP contribution in [0.1, 0.15) is 19.8 Å². The smallest absolute Gasteiger partial charge is 0.271 e. The summed E-state index contributed by atoms with van der Waals surface area (Å²) in [6, 6.07) is 1.93. The Morgan fingerprint density at radius 3 is 2.89 bits per heavy atom. The fourth-order valence-electron chi connectivity index (χ4n) is 2.34. The second kappa shape index (κ2) is 4.76. The van der Waals surface area contributed by atoms with Crippen LogP contribution in [-0.4, -0.2) is 41.7 Å². The van der Waals surface area contributed by atoms with Crippen LogP contribution in [0.15, 0.2) is 23.2 Å². The molecule has 0 fully saturated rings. The number of nitriles is 1. The van der Waals surface area contributed by atoms with Crippen molar-refractivity contribution in [3.8, 4) is 6.07 Å². The molecule has 19 heavy (non-hydrogen) atoms. The number of carbonyl (C=O) groups is 1. The summed E-state index contributed by atoms with van der Waals surface area (Å²) >= 11 is 0. The van der Waals surface area contributed by atoms with Crippen molar-refractivity contribution < 1.29 is 4.79 Å². The molecule has 0 aromatic rings. The molecule has 2 aliphatic heterocycles. The van der Waals surface area contributed by atoms with Crippen molar-refractivity contribution >= 4 is 11.7 Å². The average molecular weight is 259 g/mol. The Bertz CT molecular complexity index is 538. The van der Waals surface area contributed by atoms with Crippen molar-refractivity contribution in [3.63, 3.8) is 0 Å². The molecule has 0 bridgehead atoms. The quantitative estimate of drug-likeness (QED) is 0.538. The van der Waals surface area contributed by atoms with Gasteiger partial charge in [-0.3, -0.25) is 15.1 Å². The molecule has 0 radical (unpaired) electrons. The molecule has 1 atom stereocenters. The van der Waals surface area contributed by atoms with Crippen LogP contribution in [0.3, 0.4) is 0 Å². The van der Waals surface area contributed by atoms with E-state index in [0.29, 0.717) is 11.7 Å². The molecular formula is C13H17N5O. The van der Waals surface area contributed by atoms with E-state index in [1.54, 1.807) is 23.9 Å². The maximum atomic E-state index is 12.2. The number of amidine groups is 1. The highest BCUT2D eigenvalue weighted by atomic mass is 16.2. The molecule has 0 aliphatic carbocycles. The van der Waals surface area contributed by atoms with Gasteiger partial charge in [-0.1, -0.05) is 0 Å². The Morgan fingerprint density at radius 2 is 2.32 bits per heavy atom. The van der Waals surface area contributed by atoms with E-state index in [-0.39, 0.29) is 17.5 Å². The summed E-state index contributed by atoms with van der Waals surface area (Å²) in [5.74, 6) is 0.745. The molecule has 6 nitrogen and oxygen atoms in total. The highest BCUT2D eigenvalue weighted by Crippen LogP contribution is 2.30. The predicted octanol–water partition coefficient (Wildman–Crippen LogP) is 0.758. The third-order valence-electron chi connectivity index (χ3n) is 3.44. The lowest BCUT2D eigenvalue weighted by atomic mass is 9.96. The van der Waals surface area contributed by atoms with E-state index in [0.717, 1.165) is 18.4 Å². The number of hydrogen-bond acceptors (Lipinski definition) is 4. The van der Waals surface area contributed by atoms with Gasteiger partial charge in [0.1, 0.15) is 23.3 Å². The van der Waals surface area contributed by atoms with Gasteiger partial charge in [0.15, 0.2) is 0 Å². The number of likely N-dealkylation sites (N-methyl/N-ethyl adjacent to an activating group) is 1. The zero-order valence-electron chi connectivity index (χ0n) is 11.3.